The van der Waals surface area contributed by atoms with Gasteiger partial charge in [-0.2, -0.15) is 0 Å². The highest BCUT2D eigenvalue weighted by Crippen LogP contribution is 2.25. The molecule has 0 spiro atoms. The third-order valence-corrected chi connectivity index (χ3v) is 3.48. The highest BCUT2D eigenvalue weighted by Gasteiger charge is 2.32. The summed E-state index contributed by atoms with van der Waals surface area (Å²) in [5, 5.41) is 15.5. The van der Waals surface area contributed by atoms with Crippen molar-refractivity contribution in [3.8, 4) is 0 Å². The largest absolute Gasteiger partial charge is 0.395 e. The average molecular weight is 227 g/mol. The van der Waals surface area contributed by atoms with Crippen molar-refractivity contribution in [3.05, 3.63) is 0 Å². The standard InChI is InChI=1S/C11H21N3O2/c15-7-6-14(9-2-1-3-9)11(16)10-8-12-4-5-13-10/h9-10,12-13,15H,1-8H2. The average Bonchev–Trinajstić information content (AvgIpc) is 2.26. The second-order valence-corrected chi connectivity index (χ2v) is 4.55. The summed E-state index contributed by atoms with van der Waals surface area (Å²) in [5.74, 6) is 0.144. The minimum atomic E-state index is -0.110. The minimum Gasteiger partial charge on any atom is -0.395 e. The van der Waals surface area contributed by atoms with Gasteiger partial charge in [0.05, 0.1) is 12.6 Å². The molecule has 1 saturated heterocycles. The van der Waals surface area contributed by atoms with E-state index in [-0.39, 0.29) is 18.6 Å². The van der Waals surface area contributed by atoms with Crippen LogP contribution in [-0.2, 0) is 4.79 Å². The van der Waals surface area contributed by atoms with Crippen LogP contribution in [0.4, 0.5) is 0 Å². The summed E-state index contributed by atoms with van der Waals surface area (Å²) in [6.07, 6.45) is 3.38. The lowest BCUT2D eigenvalue weighted by atomic mass is 9.91. The van der Waals surface area contributed by atoms with Crippen molar-refractivity contribution in [1.29, 1.82) is 0 Å². The molecule has 5 heteroatoms. The number of hydrogen-bond donors (Lipinski definition) is 3. The molecule has 0 aromatic rings. The molecule has 1 atom stereocenters. The van der Waals surface area contributed by atoms with Crippen LogP contribution in [0.25, 0.3) is 0 Å². The number of nitrogens with zero attached hydrogens (tertiary/aromatic N) is 1. The predicted octanol–water partition coefficient (Wildman–Crippen LogP) is -1.08. The van der Waals surface area contributed by atoms with Gasteiger partial charge in [-0.05, 0) is 19.3 Å². The van der Waals surface area contributed by atoms with E-state index in [0.29, 0.717) is 19.1 Å². The number of piperazine rings is 1. The fourth-order valence-electron chi connectivity index (χ4n) is 2.31. The Bertz CT molecular complexity index is 237. The van der Waals surface area contributed by atoms with Gasteiger partial charge in [0.25, 0.3) is 0 Å². The maximum atomic E-state index is 12.2. The molecule has 16 heavy (non-hydrogen) atoms. The molecule has 0 aromatic carbocycles. The highest BCUT2D eigenvalue weighted by molar-refractivity contribution is 5.82. The first-order valence-corrected chi connectivity index (χ1v) is 6.18. The zero-order chi connectivity index (χ0) is 11.4. The van der Waals surface area contributed by atoms with Crippen LogP contribution < -0.4 is 10.6 Å². The lowest BCUT2D eigenvalue weighted by molar-refractivity contribution is -0.138. The molecule has 1 saturated carbocycles. The van der Waals surface area contributed by atoms with E-state index in [4.69, 9.17) is 5.11 Å². The molecule has 5 nitrogen and oxygen atoms in total. The van der Waals surface area contributed by atoms with Gasteiger partial charge in [0.2, 0.25) is 5.91 Å². The summed E-state index contributed by atoms with van der Waals surface area (Å²) in [6, 6.07) is 0.254. The molecule has 2 aliphatic rings. The molecule has 2 rings (SSSR count). The van der Waals surface area contributed by atoms with Crippen molar-refractivity contribution in [2.45, 2.75) is 31.3 Å². The maximum Gasteiger partial charge on any atom is 0.241 e. The van der Waals surface area contributed by atoms with Gasteiger partial charge in [0.15, 0.2) is 0 Å². The Kier molecular flexibility index (Phi) is 4.15. The van der Waals surface area contributed by atoms with Crippen molar-refractivity contribution in [2.75, 3.05) is 32.8 Å². The number of rotatable bonds is 4. The van der Waals surface area contributed by atoms with Gasteiger partial charge in [-0.25, -0.2) is 0 Å². The van der Waals surface area contributed by atoms with Gasteiger partial charge in [-0.3, -0.25) is 4.79 Å². The van der Waals surface area contributed by atoms with Crippen LogP contribution in [0.5, 0.6) is 0 Å². The zero-order valence-corrected chi connectivity index (χ0v) is 9.61. The molecule has 1 aliphatic carbocycles. The number of aliphatic hydroxyl groups excluding tert-OH is 1. The van der Waals surface area contributed by atoms with Crippen LogP contribution in [0.15, 0.2) is 0 Å². The molecule has 1 amide bonds. The van der Waals surface area contributed by atoms with Gasteiger partial charge < -0.3 is 20.6 Å². The van der Waals surface area contributed by atoms with Gasteiger partial charge in [0, 0.05) is 32.2 Å². The summed E-state index contributed by atoms with van der Waals surface area (Å²) in [5.41, 5.74) is 0. The van der Waals surface area contributed by atoms with Gasteiger partial charge in [-0.1, -0.05) is 0 Å². The molecule has 1 aliphatic heterocycles. The molecule has 1 heterocycles. The van der Waals surface area contributed by atoms with E-state index in [9.17, 15) is 4.79 Å². The molecule has 2 fully saturated rings. The van der Waals surface area contributed by atoms with Crippen molar-refractivity contribution in [2.24, 2.45) is 0 Å². The van der Waals surface area contributed by atoms with Crippen LogP contribution in [0, 0.1) is 0 Å². The second kappa shape index (κ2) is 5.61. The summed E-state index contributed by atoms with van der Waals surface area (Å²) in [6.45, 7) is 3.00. The number of hydrogen-bond acceptors (Lipinski definition) is 4. The van der Waals surface area contributed by atoms with Gasteiger partial charge in [-0.15, -0.1) is 0 Å². The van der Waals surface area contributed by atoms with E-state index in [2.05, 4.69) is 10.6 Å². The first-order chi connectivity index (χ1) is 7.83. The zero-order valence-electron chi connectivity index (χ0n) is 9.61. The SMILES string of the molecule is O=C(C1CNCCN1)N(CCO)C1CCC1. The molecule has 92 valence electrons. The predicted molar refractivity (Wildman–Crippen MR) is 61.1 cm³/mol. The fraction of sp³-hybridized carbons (Fsp3) is 0.909. The Hall–Kier alpha value is -0.650. The topological polar surface area (TPSA) is 64.6 Å². The van der Waals surface area contributed by atoms with Crippen LogP contribution in [0.3, 0.4) is 0 Å². The lowest BCUT2D eigenvalue weighted by Crippen LogP contribution is -2.59. The molecule has 3 N–H and O–H groups in total. The number of carbonyl (C=O) groups excluding carboxylic acids is 1. The minimum absolute atomic E-state index is 0.0579. The number of amides is 1. The Morgan fingerprint density at radius 1 is 1.38 bits per heavy atom. The van der Waals surface area contributed by atoms with Crippen molar-refractivity contribution >= 4 is 5.91 Å². The Balaban J connectivity index is 1.92. The first-order valence-electron chi connectivity index (χ1n) is 6.18. The van der Waals surface area contributed by atoms with Crippen LogP contribution >= 0.6 is 0 Å². The van der Waals surface area contributed by atoms with Gasteiger partial charge >= 0.3 is 0 Å². The van der Waals surface area contributed by atoms with Crippen LogP contribution in [0.1, 0.15) is 19.3 Å². The summed E-state index contributed by atoms with van der Waals surface area (Å²) >= 11 is 0. The molecule has 0 bridgehead atoms. The third kappa shape index (κ3) is 2.53. The van der Waals surface area contributed by atoms with Crippen LogP contribution in [0.2, 0.25) is 0 Å². The molecular formula is C11H21N3O2. The summed E-state index contributed by atoms with van der Waals surface area (Å²) < 4.78 is 0. The smallest absolute Gasteiger partial charge is 0.241 e. The summed E-state index contributed by atoms with van der Waals surface area (Å²) in [7, 11) is 0. The first kappa shape index (κ1) is 11.8. The van der Waals surface area contributed by atoms with E-state index in [1.807, 2.05) is 4.90 Å². The van der Waals surface area contributed by atoms with E-state index in [0.717, 1.165) is 25.9 Å². The summed E-state index contributed by atoms with van der Waals surface area (Å²) in [4.78, 5) is 14.1. The van der Waals surface area contributed by atoms with E-state index >= 15 is 0 Å². The van der Waals surface area contributed by atoms with Crippen LogP contribution in [-0.4, -0.2) is 60.8 Å². The number of carbonyl (C=O) groups is 1. The molecule has 0 aromatic heterocycles. The maximum absolute atomic E-state index is 12.2. The van der Waals surface area contributed by atoms with Crippen molar-refractivity contribution in [1.82, 2.24) is 15.5 Å². The highest BCUT2D eigenvalue weighted by atomic mass is 16.3. The normalized spacial score (nSPS) is 26.2. The van der Waals surface area contributed by atoms with Crippen molar-refractivity contribution in [3.63, 3.8) is 0 Å². The fourth-order valence-corrected chi connectivity index (χ4v) is 2.31. The Morgan fingerprint density at radius 3 is 2.69 bits per heavy atom. The molecule has 0 radical (unpaired) electrons. The Morgan fingerprint density at radius 2 is 2.19 bits per heavy atom. The molecule has 1 unspecified atom stereocenters. The van der Waals surface area contributed by atoms with E-state index in [1.165, 1.54) is 6.42 Å². The lowest BCUT2D eigenvalue weighted by Gasteiger charge is -2.40. The quantitative estimate of drug-likeness (QED) is 0.572. The second-order valence-electron chi connectivity index (χ2n) is 4.55. The monoisotopic (exact) mass is 227 g/mol. The van der Waals surface area contributed by atoms with E-state index < -0.39 is 0 Å². The van der Waals surface area contributed by atoms with Crippen molar-refractivity contribution < 1.29 is 9.90 Å². The van der Waals surface area contributed by atoms with E-state index in [1.54, 1.807) is 0 Å². The molecular weight excluding hydrogens is 206 g/mol. The van der Waals surface area contributed by atoms with Gasteiger partial charge in [0.1, 0.15) is 0 Å². The Labute approximate surface area is 96.2 Å². The third-order valence-electron chi connectivity index (χ3n) is 3.48. The number of aliphatic hydroxyl groups is 1. The number of nitrogens with one attached hydrogen (secondary N) is 2.